The zero-order chi connectivity index (χ0) is 20.7. The molecule has 5 heteroatoms. The molecule has 1 atom stereocenters. The first kappa shape index (κ1) is 21.6. The van der Waals surface area contributed by atoms with Gasteiger partial charge in [-0.1, -0.05) is 61.9 Å². The third kappa shape index (κ3) is 6.19. The molecule has 0 heterocycles. The van der Waals surface area contributed by atoms with E-state index in [0.29, 0.717) is 18.0 Å². The van der Waals surface area contributed by atoms with E-state index in [1.165, 1.54) is 11.0 Å². The van der Waals surface area contributed by atoms with Gasteiger partial charge < -0.3 is 10.2 Å². The number of halogens is 1. The fourth-order valence-corrected chi connectivity index (χ4v) is 2.83. The maximum absolute atomic E-state index is 14.2. The molecule has 0 saturated heterocycles. The molecule has 4 nitrogen and oxygen atoms in total. The highest BCUT2D eigenvalue weighted by Crippen LogP contribution is 2.15. The molecule has 0 bridgehead atoms. The second kappa shape index (κ2) is 10.0. The van der Waals surface area contributed by atoms with Crippen molar-refractivity contribution in [1.29, 1.82) is 0 Å². The van der Waals surface area contributed by atoms with E-state index in [2.05, 4.69) is 5.32 Å². The van der Waals surface area contributed by atoms with Gasteiger partial charge in [-0.3, -0.25) is 9.59 Å². The number of rotatable bonds is 8. The first-order valence-corrected chi connectivity index (χ1v) is 9.64. The van der Waals surface area contributed by atoms with Crippen LogP contribution in [0.25, 0.3) is 0 Å². The molecule has 0 fully saturated rings. The number of aryl methyl sites for hydroxylation is 1. The van der Waals surface area contributed by atoms with E-state index in [1.54, 1.807) is 25.1 Å². The molecule has 2 aromatic carbocycles. The van der Waals surface area contributed by atoms with Crippen LogP contribution in [0.4, 0.5) is 4.39 Å². The molecule has 0 aromatic heterocycles. The molecular formula is C23H29FN2O2. The van der Waals surface area contributed by atoms with Crippen molar-refractivity contribution in [3.63, 3.8) is 0 Å². The Labute approximate surface area is 166 Å². The Balaban J connectivity index is 2.21. The van der Waals surface area contributed by atoms with E-state index >= 15 is 0 Å². The molecule has 1 N–H and O–H groups in total. The third-order valence-corrected chi connectivity index (χ3v) is 4.63. The van der Waals surface area contributed by atoms with E-state index in [-0.39, 0.29) is 30.6 Å². The minimum Gasteiger partial charge on any atom is -0.354 e. The summed E-state index contributed by atoms with van der Waals surface area (Å²) in [7, 11) is 0. The Morgan fingerprint density at radius 1 is 1.04 bits per heavy atom. The molecule has 0 aliphatic heterocycles. The van der Waals surface area contributed by atoms with Crippen molar-refractivity contribution in [2.24, 2.45) is 5.92 Å². The van der Waals surface area contributed by atoms with Crippen LogP contribution in [0, 0.1) is 18.7 Å². The largest absolute Gasteiger partial charge is 0.354 e. The van der Waals surface area contributed by atoms with Crippen molar-refractivity contribution in [3.05, 3.63) is 71.0 Å². The Morgan fingerprint density at radius 3 is 2.29 bits per heavy atom. The zero-order valence-electron chi connectivity index (χ0n) is 17.0. The van der Waals surface area contributed by atoms with E-state index in [0.717, 1.165) is 11.1 Å². The summed E-state index contributed by atoms with van der Waals surface area (Å²) in [4.78, 5) is 27.0. The molecule has 2 rings (SSSR count). The smallest absolute Gasteiger partial charge is 0.242 e. The minimum atomic E-state index is -0.698. The van der Waals surface area contributed by atoms with Gasteiger partial charge in [0.05, 0.1) is 6.42 Å². The van der Waals surface area contributed by atoms with Gasteiger partial charge in [0.25, 0.3) is 0 Å². The van der Waals surface area contributed by atoms with Crippen molar-refractivity contribution in [2.45, 2.75) is 46.7 Å². The predicted molar refractivity (Wildman–Crippen MR) is 109 cm³/mol. The van der Waals surface area contributed by atoms with Gasteiger partial charge in [-0.2, -0.15) is 0 Å². The maximum Gasteiger partial charge on any atom is 0.242 e. The monoisotopic (exact) mass is 384 g/mol. The normalized spacial score (nSPS) is 11.9. The molecule has 0 saturated carbocycles. The number of amides is 2. The summed E-state index contributed by atoms with van der Waals surface area (Å²) in [5.41, 5.74) is 2.37. The lowest BCUT2D eigenvalue weighted by atomic mass is 10.1. The average Bonchev–Trinajstić information content (AvgIpc) is 2.66. The molecule has 0 spiro atoms. The SMILES string of the molecule is Cc1ccc(CC(=O)N(Cc2ccccc2F)[C@H](C)C(=O)NCC(C)C)cc1. The van der Waals surface area contributed by atoms with Crippen LogP contribution in [0.15, 0.2) is 48.5 Å². The van der Waals surface area contributed by atoms with Gasteiger partial charge in [0.2, 0.25) is 11.8 Å². The van der Waals surface area contributed by atoms with Crippen molar-refractivity contribution >= 4 is 11.8 Å². The summed E-state index contributed by atoms with van der Waals surface area (Å²) in [6.45, 7) is 8.26. The van der Waals surface area contributed by atoms with Gasteiger partial charge in [0, 0.05) is 18.7 Å². The van der Waals surface area contributed by atoms with E-state index in [1.807, 2.05) is 45.0 Å². The predicted octanol–water partition coefficient (Wildman–Crippen LogP) is 3.87. The molecule has 2 aromatic rings. The summed E-state index contributed by atoms with van der Waals surface area (Å²) in [6.07, 6.45) is 0.163. The van der Waals surface area contributed by atoms with Crippen molar-refractivity contribution in [3.8, 4) is 0 Å². The number of hydrogen-bond acceptors (Lipinski definition) is 2. The Hall–Kier alpha value is -2.69. The molecule has 28 heavy (non-hydrogen) atoms. The summed E-state index contributed by atoms with van der Waals surface area (Å²) in [6, 6.07) is 13.3. The first-order chi connectivity index (χ1) is 13.3. The third-order valence-electron chi connectivity index (χ3n) is 4.63. The van der Waals surface area contributed by atoms with E-state index in [4.69, 9.17) is 0 Å². The highest BCUT2D eigenvalue weighted by Gasteiger charge is 2.26. The average molecular weight is 384 g/mol. The summed E-state index contributed by atoms with van der Waals surface area (Å²) in [5, 5.41) is 2.86. The summed E-state index contributed by atoms with van der Waals surface area (Å²) < 4.78 is 14.2. The zero-order valence-corrected chi connectivity index (χ0v) is 17.0. The van der Waals surface area contributed by atoms with Gasteiger partial charge in [0.15, 0.2) is 0 Å². The van der Waals surface area contributed by atoms with Crippen LogP contribution in [0.5, 0.6) is 0 Å². The number of benzene rings is 2. The van der Waals surface area contributed by atoms with Gasteiger partial charge in [-0.15, -0.1) is 0 Å². The number of carbonyl (C=O) groups is 2. The van der Waals surface area contributed by atoms with Crippen molar-refractivity contribution < 1.29 is 14.0 Å². The molecule has 0 unspecified atom stereocenters. The fourth-order valence-electron chi connectivity index (χ4n) is 2.83. The highest BCUT2D eigenvalue weighted by molar-refractivity contribution is 5.88. The standard InChI is InChI=1S/C23H29FN2O2/c1-16(2)14-25-23(28)18(4)26(15-20-7-5-6-8-21(20)24)22(27)13-19-11-9-17(3)10-12-19/h5-12,16,18H,13-15H2,1-4H3,(H,25,28)/t18-/m1/s1. The number of hydrogen-bond donors (Lipinski definition) is 1. The molecule has 150 valence electrons. The Morgan fingerprint density at radius 2 is 1.68 bits per heavy atom. The van der Waals surface area contributed by atoms with E-state index < -0.39 is 6.04 Å². The maximum atomic E-state index is 14.2. The van der Waals surface area contributed by atoms with Crippen LogP contribution in [-0.2, 0) is 22.6 Å². The summed E-state index contributed by atoms with van der Waals surface area (Å²) >= 11 is 0. The topological polar surface area (TPSA) is 49.4 Å². The van der Waals surface area contributed by atoms with Crippen LogP contribution in [0.1, 0.15) is 37.5 Å². The summed E-state index contributed by atoms with van der Waals surface area (Å²) in [5.74, 6) is -0.522. The Kier molecular flexibility index (Phi) is 7.73. The number of nitrogens with zero attached hydrogens (tertiary/aromatic N) is 1. The van der Waals surface area contributed by atoms with E-state index in [9.17, 15) is 14.0 Å². The lowest BCUT2D eigenvalue weighted by molar-refractivity contribution is -0.140. The van der Waals surface area contributed by atoms with Gasteiger partial charge in [0.1, 0.15) is 11.9 Å². The second-order valence-electron chi connectivity index (χ2n) is 7.59. The molecule has 0 radical (unpaired) electrons. The molecule has 0 aliphatic rings. The van der Waals surface area contributed by atoms with Crippen LogP contribution in [0.3, 0.4) is 0 Å². The lowest BCUT2D eigenvalue weighted by Crippen LogP contribution is -2.48. The van der Waals surface area contributed by atoms with Gasteiger partial charge in [-0.05, 0) is 31.4 Å². The number of carbonyl (C=O) groups excluding carboxylic acids is 2. The van der Waals surface area contributed by atoms with Crippen LogP contribution < -0.4 is 5.32 Å². The second-order valence-corrected chi connectivity index (χ2v) is 7.59. The van der Waals surface area contributed by atoms with Crippen LogP contribution in [-0.4, -0.2) is 29.3 Å². The molecule has 2 amide bonds. The lowest BCUT2D eigenvalue weighted by Gasteiger charge is -2.29. The molecular weight excluding hydrogens is 355 g/mol. The van der Waals surface area contributed by atoms with Crippen LogP contribution in [0.2, 0.25) is 0 Å². The number of nitrogens with one attached hydrogen (secondary N) is 1. The first-order valence-electron chi connectivity index (χ1n) is 9.64. The molecule has 0 aliphatic carbocycles. The van der Waals surface area contributed by atoms with Crippen molar-refractivity contribution in [1.82, 2.24) is 10.2 Å². The fraction of sp³-hybridized carbons (Fsp3) is 0.391. The minimum absolute atomic E-state index is 0.0492. The van der Waals surface area contributed by atoms with Crippen molar-refractivity contribution in [2.75, 3.05) is 6.54 Å². The Bertz CT molecular complexity index is 803. The van der Waals surface area contributed by atoms with Gasteiger partial charge in [-0.25, -0.2) is 4.39 Å². The highest BCUT2D eigenvalue weighted by atomic mass is 19.1. The van der Waals surface area contributed by atoms with Gasteiger partial charge >= 0.3 is 0 Å². The quantitative estimate of drug-likeness (QED) is 0.751. The van der Waals surface area contributed by atoms with Crippen LogP contribution >= 0.6 is 0 Å².